The first-order valence-electron chi connectivity index (χ1n) is 8.18. The lowest BCUT2D eigenvalue weighted by Crippen LogP contribution is -2.39. The number of ether oxygens (including phenoxy) is 2. The molecular weight excluding hydrogens is 318 g/mol. The van der Waals surface area contributed by atoms with Crippen LogP contribution < -0.4 is 9.47 Å². The van der Waals surface area contributed by atoms with Gasteiger partial charge in [-0.05, 0) is 36.0 Å². The van der Waals surface area contributed by atoms with Crippen LogP contribution in [-0.2, 0) is 6.54 Å². The molecule has 1 aliphatic heterocycles. The lowest BCUT2D eigenvalue weighted by atomic mass is 10.1. The molecule has 0 amide bonds. The van der Waals surface area contributed by atoms with Gasteiger partial charge in [0, 0.05) is 18.7 Å². The van der Waals surface area contributed by atoms with Gasteiger partial charge in [-0.3, -0.25) is 4.90 Å². The Kier molecular flexibility index (Phi) is 4.30. The molecule has 1 N–H and O–H groups in total. The van der Waals surface area contributed by atoms with Crippen molar-refractivity contribution in [3.8, 4) is 22.9 Å². The molecule has 0 bridgehead atoms. The fourth-order valence-electron chi connectivity index (χ4n) is 2.97. The highest BCUT2D eigenvalue weighted by Crippen LogP contribution is 2.31. The third-order valence-electron chi connectivity index (χ3n) is 4.07. The summed E-state index contributed by atoms with van der Waals surface area (Å²) >= 11 is 0. The summed E-state index contributed by atoms with van der Waals surface area (Å²) in [4.78, 5) is 2.22. The SMILES string of the molecule is CN(Cc1cccc(-c2nn[nH]n2)c1)CC1COc2ccccc2O1. The second kappa shape index (κ2) is 6.90. The number of nitrogens with zero attached hydrogens (tertiary/aromatic N) is 4. The largest absolute Gasteiger partial charge is 0.486 e. The second-order valence-electron chi connectivity index (χ2n) is 6.13. The zero-order valence-corrected chi connectivity index (χ0v) is 13.9. The number of para-hydroxylation sites is 2. The molecule has 0 spiro atoms. The van der Waals surface area contributed by atoms with E-state index in [0.29, 0.717) is 12.4 Å². The predicted molar refractivity (Wildman–Crippen MR) is 92.3 cm³/mol. The molecule has 4 rings (SSSR count). The Bertz CT molecular complexity index is 837. The van der Waals surface area contributed by atoms with Crippen LogP contribution in [0.5, 0.6) is 11.5 Å². The molecule has 7 nitrogen and oxygen atoms in total. The van der Waals surface area contributed by atoms with Crippen molar-refractivity contribution >= 4 is 0 Å². The molecule has 0 saturated carbocycles. The fraction of sp³-hybridized carbons (Fsp3) is 0.278. The van der Waals surface area contributed by atoms with Gasteiger partial charge in [0.05, 0.1) is 0 Å². The topological polar surface area (TPSA) is 76.2 Å². The molecule has 0 aliphatic carbocycles. The molecular formula is C18H19N5O2. The van der Waals surface area contributed by atoms with Gasteiger partial charge in [-0.15, -0.1) is 10.2 Å². The highest BCUT2D eigenvalue weighted by molar-refractivity contribution is 5.54. The number of hydrogen-bond donors (Lipinski definition) is 1. The monoisotopic (exact) mass is 337 g/mol. The van der Waals surface area contributed by atoms with Crippen LogP contribution in [0, 0.1) is 0 Å². The summed E-state index contributed by atoms with van der Waals surface area (Å²) < 4.78 is 11.8. The van der Waals surface area contributed by atoms with E-state index >= 15 is 0 Å². The number of hydrogen-bond acceptors (Lipinski definition) is 6. The molecule has 0 saturated heterocycles. The number of rotatable bonds is 5. The fourth-order valence-corrected chi connectivity index (χ4v) is 2.97. The first-order chi connectivity index (χ1) is 12.3. The summed E-state index contributed by atoms with van der Waals surface area (Å²) in [5.74, 6) is 2.23. The van der Waals surface area contributed by atoms with E-state index in [-0.39, 0.29) is 6.10 Å². The molecule has 0 radical (unpaired) electrons. The average molecular weight is 337 g/mol. The number of nitrogens with one attached hydrogen (secondary N) is 1. The Labute approximate surface area is 145 Å². The van der Waals surface area contributed by atoms with E-state index in [9.17, 15) is 0 Å². The van der Waals surface area contributed by atoms with Gasteiger partial charge in [0.25, 0.3) is 0 Å². The first kappa shape index (κ1) is 15.6. The number of aromatic amines is 1. The maximum atomic E-state index is 6.02. The van der Waals surface area contributed by atoms with E-state index in [1.54, 1.807) is 0 Å². The van der Waals surface area contributed by atoms with Crippen LogP contribution in [0.25, 0.3) is 11.4 Å². The molecule has 3 aromatic rings. The van der Waals surface area contributed by atoms with Crippen LogP contribution in [0.4, 0.5) is 0 Å². The molecule has 1 atom stereocenters. The second-order valence-corrected chi connectivity index (χ2v) is 6.13. The van der Waals surface area contributed by atoms with Crippen molar-refractivity contribution in [3.63, 3.8) is 0 Å². The summed E-state index contributed by atoms with van der Waals surface area (Å²) in [5, 5.41) is 14.1. The molecule has 2 aromatic carbocycles. The van der Waals surface area contributed by atoms with Gasteiger partial charge in [0.1, 0.15) is 12.7 Å². The van der Waals surface area contributed by atoms with Crippen molar-refractivity contribution in [2.75, 3.05) is 20.2 Å². The van der Waals surface area contributed by atoms with E-state index < -0.39 is 0 Å². The van der Waals surface area contributed by atoms with Crippen LogP contribution in [-0.4, -0.2) is 51.8 Å². The van der Waals surface area contributed by atoms with Crippen molar-refractivity contribution < 1.29 is 9.47 Å². The Hall–Kier alpha value is -2.93. The van der Waals surface area contributed by atoms with E-state index in [0.717, 1.165) is 30.2 Å². The van der Waals surface area contributed by atoms with Crippen molar-refractivity contribution in [3.05, 3.63) is 54.1 Å². The van der Waals surface area contributed by atoms with Crippen LogP contribution in [0.1, 0.15) is 5.56 Å². The van der Waals surface area contributed by atoms with Gasteiger partial charge in [-0.1, -0.05) is 30.3 Å². The van der Waals surface area contributed by atoms with E-state index in [1.165, 1.54) is 5.56 Å². The summed E-state index contributed by atoms with van der Waals surface area (Å²) in [7, 11) is 2.07. The first-order valence-corrected chi connectivity index (χ1v) is 8.18. The number of benzene rings is 2. The quantitative estimate of drug-likeness (QED) is 0.769. The summed E-state index contributed by atoms with van der Waals surface area (Å²) in [6, 6.07) is 15.9. The van der Waals surface area contributed by atoms with Crippen LogP contribution in [0.2, 0.25) is 0 Å². The van der Waals surface area contributed by atoms with Gasteiger partial charge in [-0.25, -0.2) is 0 Å². The predicted octanol–water partition coefficient (Wildman–Crippen LogP) is 2.14. The highest BCUT2D eigenvalue weighted by atomic mass is 16.6. The van der Waals surface area contributed by atoms with Crippen LogP contribution in [0.15, 0.2) is 48.5 Å². The number of H-pyrrole nitrogens is 1. The van der Waals surface area contributed by atoms with Gasteiger partial charge < -0.3 is 9.47 Å². The van der Waals surface area contributed by atoms with Crippen molar-refractivity contribution in [1.82, 2.24) is 25.5 Å². The number of fused-ring (bicyclic) bond motifs is 1. The molecule has 1 aliphatic rings. The molecule has 0 fully saturated rings. The molecule has 7 heteroatoms. The molecule has 128 valence electrons. The molecule has 25 heavy (non-hydrogen) atoms. The molecule has 1 unspecified atom stereocenters. The highest BCUT2D eigenvalue weighted by Gasteiger charge is 2.21. The zero-order valence-electron chi connectivity index (χ0n) is 13.9. The standard InChI is InChI=1S/C18H19N5O2/c1-23(11-15-12-24-16-7-2-3-8-17(16)25-15)10-13-5-4-6-14(9-13)18-19-21-22-20-18/h2-9,15H,10-12H2,1H3,(H,19,20,21,22). The van der Waals surface area contributed by atoms with Gasteiger partial charge >= 0.3 is 0 Å². The normalized spacial score (nSPS) is 16.2. The minimum atomic E-state index is 0.0142. The average Bonchev–Trinajstić information content (AvgIpc) is 3.16. The Morgan fingerprint density at radius 3 is 2.88 bits per heavy atom. The van der Waals surface area contributed by atoms with Crippen LogP contribution in [0.3, 0.4) is 0 Å². The lowest BCUT2D eigenvalue weighted by molar-refractivity contribution is 0.0638. The van der Waals surface area contributed by atoms with Gasteiger partial charge in [-0.2, -0.15) is 5.21 Å². The summed E-state index contributed by atoms with van der Waals surface area (Å²) in [6.45, 7) is 2.14. The zero-order chi connectivity index (χ0) is 17.1. The molecule has 2 heterocycles. The van der Waals surface area contributed by atoms with Gasteiger partial charge in [0.2, 0.25) is 5.82 Å². The summed E-state index contributed by atoms with van der Waals surface area (Å²) in [5.41, 5.74) is 2.13. The van der Waals surface area contributed by atoms with E-state index in [2.05, 4.69) is 44.7 Å². The van der Waals surface area contributed by atoms with Crippen molar-refractivity contribution in [2.24, 2.45) is 0 Å². The summed E-state index contributed by atoms with van der Waals surface area (Å²) in [6.07, 6.45) is 0.0142. The minimum Gasteiger partial charge on any atom is -0.486 e. The minimum absolute atomic E-state index is 0.0142. The lowest BCUT2D eigenvalue weighted by Gasteiger charge is -2.29. The Morgan fingerprint density at radius 1 is 1.16 bits per heavy atom. The van der Waals surface area contributed by atoms with E-state index in [4.69, 9.17) is 9.47 Å². The van der Waals surface area contributed by atoms with Gasteiger partial charge in [0.15, 0.2) is 11.5 Å². The number of likely N-dealkylation sites (N-methyl/N-ethyl adjacent to an activating group) is 1. The number of aromatic nitrogens is 4. The third kappa shape index (κ3) is 3.61. The Morgan fingerprint density at radius 2 is 2.04 bits per heavy atom. The third-order valence-corrected chi connectivity index (χ3v) is 4.07. The van der Waals surface area contributed by atoms with Crippen molar-refractivity contribution in [1.29, 1.82) is 0 Å². The smallest absolute Gasteiger partial charge is 0.204 e. The maximum Gasteiger partial charge on any atom is 0.204 e. The molecule has 1 aromatic heterocycles. The maximum absolute atomic E-state index is 6.02. The van der Waals surface area contributed by atoms with E-state index in [1.807, 2.05) is 36.4 Å². The van der Waals surface area contributed by atoms with Crippen LogP contribution >= 0.6 is 0 Å². The Balaban J connectivity index is 1.38. The van der Waals surface area contributed by atoms with Crippen molar-refractivity contribution in [2.45, 2.75) is 12.6 Å². The number of tetrazole rings is 1.